The Morgan fingerprint density at radius 1 is 1.41 bits per heavy atom. The molecule has 1 amide bonds. The molecule has 0 atom stereocenters. The van der Waals surface area contributed by atoms with Gasteiger partial charge in [-0.1, -0.05) is 30.0 Å². The Bertz CT molecular complexity index is 1220. The van der Waals surface area contributed by atoms with Crippen LogP contribution in [0.15, 0.2) is 46.9 Å². The van der Waals surface area contributed by atoms with Gasteiger partial charge in [0.05, 0.1) is 22.2 Å². The van der Waals surface area contributed by atoms with Crippen LogP contribution in [-0.4, -0.2) is 21.2 Å². The quantitative estimate of drug-likeness (QED) is 0.371. The molecule has 1 N–H and O–H groups in total. The van der Waals surface area contributed by atoms with E-state index in [1.807, 2.05) is 6.07 Å². The molecule has 0 bridgehead atoms. The van der Waals surface area contributed by atoms with E-state index in [1.54, 1.807) is 24.3 Å². The smallest absolute Gasteiger partial charge is 0.262 e. The lowest BCUT2D eigenvalue weighted by molar-refractivity contribution is -0.113. The zero-order valence-corrected chi connectivity index (χ0v) is 17.2. The van der Waals surface area contributed by atoms with Crippen LogP contribution in [0.1, 0.15) is 22.4 Å². The normalized spacial score (nSPS) is 12.5. The molecular formula is C21H18N4O2S2. The van der Waals surface area contributed by atoms with E-state index in [-0.39, 0.29) is 17.2 Å². The first-order chi connectivity index (χ1) is 14.1. The third-order valence-electron chi connectivity index (χ3n) is 4.76. The zero-order chi connectivity index (χ0) is 20.4. The van der Waals surface area contributed by atoms with Gasteiger partial charge in [0, 0.05) is 11.4 Å². The Balaban J connectivity index is 1.55. The highest BCUT2D eigenvalue weighted by Crippen LogP contribution is 2.38. The van der Waals surface area contributed by atoms with Crippen molar-refractivity contribution in [1.29, 1.82) is 5.26 Å². The van der Waals surface area contributed by atoms with Crippen molar-refractivity contribution in [3.8, 4) is 6.07 Å². The van der Waals surface area contributed by atoms with Crippen molar-refractivity contribution < 1.29 is 4.79 Å². The second-order valence-electron chi connectivity index (χ2n) is 6.63. The van der Waals surface area contributed by atoms with Crippen molar-refractivity contribution >= 4 is 44.9 Å². The number of nitrogens with one attached hydrogen (secondary N) is 1. The molecule has 0 saturated heterocycles. The van der Waals surface area contributed by atoms with Crippen LogP contribution in [-0.2, 0) is 24.2 Å². The van der Waals surface area contributed by atoms with Crippen LogP contribution in [0.2, 0.25) is 0 Å². The third-order valence-corrected chi connectivity index (χ3v) is 6.94. The second kappa shape index (κ2) is 8.23. The van der Waals surface area contributed by atoms with E-state index in [0.717, 1.165) is 24.8 Å². The van der Waals surface area contributed by atoms with Crippen LogP contribution in [0, 0.1) is 11.3 Å². The molecule has 3 aromatic rings. The fraction of sp³-hybridized carbons (Fsp3) is 0.238. The van der Waals surface area contributed by atoms with Crippen molar-refractivity contribution in [2.24, 2.45) is 0 Å². The fourth-order valence-corrected chi connectivity index (χ4v) is 5.52. The molecular weight excluding hydrogens is 404 g/mol. The molecule has 0 aliphatic heterocycles. The van der Waals surface area contributed by atoms with E-state index in [9.17, 15) is 14.9 Å². The van der Waals surface area contributed by atoms with Gasteiger partial charge < -0.3 is 5.32 Å². The van der Waals surface area contributed by atoms with Crippen LogP contribution in [0.5, 0.6) is 0 Å². The number of carbonyl (C=O) groups is 1. The molecule has 1 aliphatic carbocycles. The maximum atomic E-state index is 12.8. The summed E-state index contributed by atoms with van der Waals surface area (Å²) in [5.74, 6) is -0.131. The van der Waals surface area contributed by atoms with Gasteiger partial charge in [0.2, 0.25) is 5.91 Å². The molecule has 29 heavy (non-hydrogen) atoms. The number of fused-ring (bicyclic) bond motifs is 2. The number of aromatic nitrogens is 2. The van der Waals surface area contributed by atoms with Gasteiger partial charge in [-0.15, -0.1) is 17.9 Å². The lowest BCUT2D eigenvalue weighted by Gasteiger charge is -2.11. The first-order valence-corrected chi connectivity index (χ1v) is 11.0. The molecule has 6 nitrogen and oxygen atoms in total. The minimum atomic E-state index is -0.223. The molecule has 1 aromatic carbocycles. The number of hydrogen-bond donors (Lipinski definition) is 1. The summed E-state index contributed by atoms with van der Waals surface area (Å²) in [4.78, 5) is 31.0. The number of allylic oxidation sites excluding steroid dienone is 1. The van der Waals surface area contributed by atoms with E-state index in [4.69, 9.17) is 0 Å². The number of thiophene rings is 1. The standard InChI is InChI=1S/C21H18N4O2S2/c1-2-10-25-20(27)14-6-3-4-8-16(14)23-21(25)28-12-18(26)24-19-15(11-22)13-7-5-9-17(13)29-19/h2-4,6,8H,1,5,7,9-10,12H2,(H,24,26). The predicted molar refractivity (Wildman–Crippen MR) is 117 cm³/mol. The maximum Gasteiger partial charge on any atom is 0.262 e. The second-order valence-corrected chi connectivity index (χ2v) is 8.67. The van der Waals surface area contributed by atoms with Crippen molar-refractivity contribution in [2.45, 2.75) is 31.0 Å². The van der Waals surface area contributed by atoms with Gasteiger partial charge in [0.15, 0.2) is 5.16 Å². The van der Waals surface area contributed by atoms with E-state index >= 15 is 0 Å². The zero-order valence-electron chi connectivity index (χ0n) is 15.6. The van der Waals surface area contributed by atoms with Gasteiger partial charge in [0.1, 0.15) is 11.1 Å². The number of rotatable bonds is 6. The summed E-state index contributed by atoms with van der Waals surface area (Å²) < 4.78 is 1.52. The summed E-state index contributed by atoms with van der Waals surface area (Å²) in [6, 6.07) is 9.38. The summed E-state index contributed by atoms with van der Waals surface area (Å²) in [5, 5.41) is 14.0. The highest BCUT2D eigenvalue weighted by molar-refractivity contribution is 7.99. The van der Waals surface area contributed by atoms with Crippen molar-refractivity contribution in [1.82, 2.24) is 9.55 Å². The Morgan fingerprint density at radius 2 is 2.24 bits per heavy atom. The highest BCUT2D eigenvalue weighted by atomic mass is 32.2. The first-order valence-electron chi connectivity index (χ1n) is 9.20. The molecule has 8 heteroatoms. The first kappa shape index (κ1) is 19.4. The fourth-order valence-electron chi connectivity index (χ4n) is 3.45. The van der Waals surface area contributed by atoms with Gasteiger partial charge >= 0.3 is 0 Å². The Kier molecular flexibility index (Phi) is 5.51. The number of carbonyl (C=O) groups excluding carboxylic acids is 1. The van der Waals surface area contributed by atoms with Gasteiger partial charge in [0.25, 0.3) is 5.56 Å². The third kappa shape index (κ3) is 3.71. The summed E-state index contributed by atoms with van der Waals surface area (Å²) in [5.41, 5.74) is 2.12. The van der Waals surface area contributed by atoms with E-state index in [0.29, 0.717) is 33.2 Å². The van der Waals surface area contributed by atoms with Crippen molar-refractivity contribution in [2.75, 3.05) is 11.1 Å². The lowest BCUT2D eigenvalue weighted by atomic mass is 10.1. The number of thioether (sulfide) groups is 1. The minimum absolute atomic E-state index is 0.0926. The predicted octanol–water partition coefficient (Wildman–Crippen LogP) is 3.74. The minimum Gasteiger partial charge on any atom is -0.316 e. The lowest BCUT2D eigenvalue weighted by Crippen LogP contribution is -2.23. The van der Waals surface area contributed by atoms with Gasteiger partial charge in [-0.25, -0.2) is 4.98 Å². The van der Waals surface area contributed by atoms with Crippen LogP contribution in [0.3, 0.4) is 0 Å². The van der Waals surface area contributed by atoms with E-state index in [1.165, 1.54) is 32.5 Å². The van der Waals surface area contributed by atoms with Crippen LogP contribution < -0.4 is 10.9 Å². The van der Waals surface area contributed by atoms with Crippen LogP contribution in [0.25, 0.3) is 10.9 Å². The molecule has 4 rings (SSSR count). The number of benzene rings is 1. The molecule has 0 saturated carbocycles. The average molecular weight is 423 g/mol. The number of nitriles is 1. The summed E-state index contributed by atoms with van der Waals surface area (Å²) >= 11 is 2.69. The van der Waals surface area contributed by atoms with Crippen molar-refractivity contribution in [3.63, 3.8) is 0 Å². The molecule has 2 aromatic heterocycles. The van der Waals surface area contributed by atoms with Crippen molar-refractivity contribution in [3.05, 3.63) is 63.3 Å². The number of para-hydroxylation sites is 1. The summed E-state index contributed by atoms with van der Waals surface area (Å²) in [7, 11) is 0. The number of anilines is 1. The van der Waals surface area contributed by atoms with Crippen LogP contribution >= 0.6 is 23.1 Å². The Morgan fingerprint density at radius 3 is 3.03 bits per heavy atom. The van der Waals surface area contributed by atoms with Crippen LogP contribution in [0.4, 0.5) is 5.00 Å². The monoisotopic (exact) mass is 422 g/mol. The maximum absolute atomic E-state index is 12.8. The summed E-state index contributed by atoms with van der Waals surface area (Å²) in [6.07, 6.45) is 4.56. The Labute approximate surface area is 175 Å². The molecule has 1 aliphatic rings. The topological polar surface area (TPSA) is 87.8 Å². The largest absolute Gasteiger partial charge is 0.316 e. The molecule has 0 spiro atoms. The average Bonchev–Trinajstić information content (AvgIpc) is 3.29. The molecule has 0 unspecified atom stereocenters. The van der Waals surface area contributed by atoms with Gasteiger partial charge in [-0.3, -0.25) is 14.2 Å². The van der Waals surface area contributed by atoms with Gasteiger partial charge in [-0.05, 0) is 37.0 Å². The van der Waals surface area contributed by atoms with E-state index < -0.39 is 0 Å². The summed E-state index contributed by atoms with van der Waals surface area (Å²) in [6.45, 7) is 4.02. The highest BCUT2D eigenvalue weighted by Gasteiger charge is 2.23. The SMILES string of the molecule is C=CCn1c(SCC(=O)Nc2sc3c(c2C#N)CCC3)nc2ccccc2c1=O. The number of nitrogens with zero attached hydrogens (tertiary/aromatic N) is 3. The number of amides is 1. The number of hydrogen-bond acceptors (Lipinski definition) is 6. The molecule has 2 heterocycles. The Hall–Kier alpha value is -2.89. The van der Waals surface area contributed by atoms with Gasteiger partial charge in [-0.2, -0.15) is 5.26 Å². The molecule has 146 valence electrons. The molecule has 0 radical (unpaired) electrons. The number of aryl methyl sites for hydroxylation is 1. The molecule has 0 fully saturated rings. The van der Waals surface area contributed by atoms with E-state index in [2.05, 4.69) is 22.9 Å².